The molecule has 3 rings (SSSR count). The number of ether oxygens (including phenoxy) is 1. The molecule has 6 nitrogen and oxygen atoms in total. The molecule has 0 radical (unpaired) electrons. The van der Waals surface area contributed by atoms with Gasteiger partial charge in [0.2, 0.25) is 5.91 Å². The summed E-state index contributed by atoms with van der Waals surface area (Å²) >= 11 is 0. The van der Waals surface area contributed by atoms with Crippen LogP contribution in [0.3, 0.4) is 0 Å². The molecule has 148 valence electrons. The minimum absolute atomic E-state index is 0.0293. The molecular formula is C22H26N2O4. The molecule has 0 aromatic heterocycles. The first-order chi connectivity index (χ1) is 13.5. The number of methoxy groups -OCH3 is 1. The number of carboxylic acid groups (broad SMARTS) is 1. The quantitative estimate of drug-likeness (QED) is 0.714. The minimum Gasteiger partial charge on any atom is -0.497 e. The van der Waals surface area contributed by atoms with Crippen LogP contribution in [0.1, 0.15) is 36.8 Å². The van der Waals surface area contributed by atoms with Crippen molar-refractivity contribution in [3.63, 3.8) is 0 Å². The van der Waals surface area contributed by atoms with Crippen molar-refractivity contribution in [3.8, 4) is 5.75 Å². The number of nitrogens with one attached hydrogen (secondary N) is 2. The van der Waals surface area contributed by atoms with E-state index < -0.39 is 11.5 Å². The van der Waals surface area contributed by atoms with E-state index in [0.717, 1.165) is 11.1 Å². The molecule has 0 unspecified atom stereocenters. The third-order valence-electron chi connectivity index (χ3n) is 5.52. The largest absolute Gasteiger partial charge is 0.497 e. The molecule has 1 aliphatic carbocycles. The molecule has 1 saturated carbocycles. The second-order valence-corrected chi connectivity index (χ2v) is 7.21. The first-order valence-electron chi connectivity index (χ1n) is 9.50. The normalized spacial score (nSPS) is 21.5. The van der Waals surface area contributed by atoms with Crippen LogP contribution in [-0.4, -0.2) is 30.3 Å². The van der Waals surface area contributed by atoms with Gasteiger partial charge in [0.1, 0.15) is 5.75 Å². The Morgan fingerprint density at radius 1 is 1.11 bits per heavy atom. The number of benzene rings is 2. The van der Waals surface area contributed by atoms with Crippen molar-refractivity contribution in [1.29, 1.82) is 0 Å². The van der Waals surface area contributed by atoms with Crippen molar-refractivity contribution in [2.24, 2.45) is 0 Å². The SMILES string of the molecule is COc1cccc([C@]2(C(=O)NCc3ccccc3)CC[C@@H](NC(=O)O)CC2)c1. The van der Waals surface area contributed by atoms with Gasteiger partial charge < -0.3 is 20.5 Å². The Morgan fingerprint density at radius 2 is 1.82 bits per heavy atom. The summed E-state index contributed by atoms with van der Waals surface area (Å²) in [4.78, 5) is 24.3. The van der Waals surface area contributed by atoms with Gasteiger partial charge in [-0.1, -0.05) is 42.5 Å². The van der Waals surface area contributed by atoms with Crippen molar-refractivity contribution < 1.29 is 19.4 Å². The molecular weight excluding hydrogens is 356 g/mol. The van der Waals surface area contributed by atoms with Crippen LogP contribution in [0.5, 0.6) is 5.75 Å². The standard InChI is InChI=1S/C22H26N2O4/c1-28-19-9-5-8-17(14-19)22(12-10-18(11-13-22)24-21(26)27)20(25)23-15-16-6-3-2-4-7-16/h2-9,14,18,24H,10-13,15H2,1H3,(H,23,25)(H,26,27)/t18-,22+. The third-order valence-corrected chi connectivity index (χ3v) is 5.52. The number of hydrogen-bond acceptors (Lipinski definition) is 3. The maximum absolute atomic E-state index is 13.3. The summed E-state index contributed by atoms with van der Waals surface area (Å²) in [6.07, 6.45) is 1.36. The second-order valence-electron chi connectivity index (χ2n) is 7.21. The summed E-state index contributed by atoms with van der Waals surface area (Å²) in [7, 11) is 1.61. The molecule has 0 saturated heterocycles. The van der Waals surface area contributed by atoms with Gasteiger partial charge in [0.15, 0.2) is 0 Å². The Kier molecular flexibility index (Phi) is 6.19. The minimum atomic E-state index is -1.02. The Balaban J connectivity index is 1.82. The van der Waals surface area contributed by atoms with Crippen LogP contribution in [0.4, 0.5) is 4.79 Å². The number of carbonyl (C=O) groups is 2. The summed E-state index contributed by atoms with van der Waals surface area (Å²) in [5.74, 6) is 0.678. The molecule has 6 heteroatoms. The molecule has 0 heterocycles. The lowest BCUT2D eigenvalue weighted by molar-refractivity contribution is -0.128. The van der Waals surface area contributed by atoms with Crippen molar-refractivity contribution in [2.75, 3.05) is 7.11 Å². The van der Waals surface area contributed by atoms with Crippen LogP contribution in [-0.2, 0) is 16.8 Å². The Labute approximate surface area is 164 Å². The summed E-state index contributed by atoms with van der Waals surface area (Å²) in [5.41, 5.74) is 1.25. The lowest BCUT2D eigenvalue weighted by Gasteiger charge is -2.39. The van der Waals surface area contributed by atoms with Gasteiger partial charge in [-0.15, -0.1) is 0 Å². The van der Waals surface area contributed by atoms with E-state index in [-0.39, 0.29) is 11.9 Å². The Morgan fingerprint density at radius 3 is 2.46 bits per heavy atom. The highest BCUT2D eigenvalue weighted by molar-refractivity contribution is 5.88. The van der Waals surface area contributed by atoms with Crippen LogP contribution < -0.4 is 15.4 Å². The lowest BCUT2D eigenvalue weighted by Crippen LogP contribution is -2.49. The molecule has 2 aromatic rings. The van der Waals surface area contributed by atoms with Crippen LogP contribution in [0.25, 0.3) is 0 Å². The maximum Gasteiger partial charge on any atom is 0.404 e. The van der Waals surface area contributed by atoms with Gasteiger partial charge in [0.25, 0.3) is 0 Å². The fourth-order valence-electron chi connectivity index (χ4n) is 3.94. The van der Waals surface area contributed by atoms with Crippen LogP contribution >= 0.6 is 0 Å². The topological polar surface area (TPSA) is 87.7 Å². The van der Waals surface area contributed by atoms with Gasteiger partial charge in [-0.05, 0) is 48.9 Å². The van der Waals surface area contributed by atoms with Crippen molar-refractivity contribution in [3.05, 3.63) is 65.7 Å². The fraction of sp³-hybridized carbons (Fsp3) is 0.364. The predicted octanol–water partition coefficient (Wildman–Crippen LogP) is 3.46. The predicted molar refractivity (Wildman–Crippen MR) is 106 cm³/mol. The molecule has 0 spiro atoms. The van der Waals surface area contributed by atoms with E-state index >= 15 is 0 Å². The summed E-state index contributed by atoms with van der Waals surface area (Å²) in [6.45, 7) is 0.461. The molecule has 1 aliphatic rings. The van der Waals surface area contributed by atoms with Gasteiger partial charge in [-0.25, -0.2) is 4.79 Å². The monoisotopic (exact) mass is 382 g/mol. The number of hydrogen-bond donors (Lipinski definition) is 3. The van der Waals surface area contributed by atoms with E-state index in [1.165, 1.54) is 0 Å². The molecule has 0 atom stereocenters. The average molecular weight is 382 g/mol. The van der Waals surface area contributed by atoms with Crippen molar-refractivity contribution >= 4 is 12.0 Å². The summed E-state index contributed by atoms with van der Waals surface area (Å²) in [6, 6.07) is 17.3. The molecule has 2 aromatic carbocycles. The first-order valence-corrected chi connectivity index (χ1v) is 9.50. The molecule has 3 N–H and O–H groups in total. The maximum atomic E-state index is 13.3. The van der Waals surface area contributed by atoms with Crippen molar-refractivity contribution in [1.82, 2.24) is 10.6 Å². The van der Waals surface area contributed by atoms with Crippen LogP contribution in [0, 0.1) is 0 Å². The van der Waals surface area contributed by atoms with Gasteiger partial charge in [-0.2, -0.15) is 0 Å². The zero-order valence-electron chi connectivity index (χ0n) is 16.0. The average Bonchev–Trinajstić information content (AvgIpc) is 2.73. The van der Waals surface area contributed by atoms with E-state index in [1.807, 2.05) is 54.6 Å². The van der Waals surface area contributed by atoms with Crippen LogP contribution in [0.2, 0.25) is 0 Å². The molecule has 28 heavy (non-hydrogen) atoms. The lowest BCUT2D eigenvalue weighted by atomic mass is 9.67. The summed E-state index contributed by atoms with van der Waals surface area (Å²) < 4.78 is 5.35. The van der Waals surface area contributed by atoms with Crippen LogP contribution in [0.15, 0.2) is 54.6 Å². The highest BCUT2D eigenvalue weighted by atomic mass is 16.5. The molecule has 0 aliphatic heterocycles. The van der Waals surface area contributed by atoms with Gasteiger partial charge in [0, 0.05) is 12.6 Å². The van der Waals surface area contributed by atoms with E-state index in [2.05, 4.69) is 10.6 Å². The number of amides is 2. The highest BCUT2D eigenvalue weighted by Crippen LogP contribution is 2.41. The smallest absolute Gasteiger partial charge is 0.404 e. The number of rotatable bonds is 6. The van der Waals surface area contributed by atoms with Gasteiger partial charge in [-0.3, -0.25) is 4.79 Å². The third kappa shape index (κ3) is 4.44. The zero-order chi connectivity index (χ0) is 20.0. The molecule has 1 fully saturated rings. The van der Waals surface area contributed by atoms with E-state index in [4.69, 9.17) is 9.84 Å². The first kappa shape index (κ1) is 19.7. The number of carbonyl (C=O) groups excluding carboxylic acids is 1. The Hall–Kier alpha value is -3.02. The Bertz CT molecular complexity index is 814. The fourth-order valence-corrected chi connectivity index (χ4v) is 3.94. The van der Waals surface area contributed by atoms with E-state index in [0.29, 0.717) is 38.0 Å². The molecule has 2 amide bonds. The van der Waals surface area contributed by atoms with E-state index in [1.54, 1.807) is 7.11 Å². The van der Waals surface area contributed by atoms with Crippen molar-refractivity contribution in [2.45, 2.75) is 43.7 Å². The highest BCUT2D eigenvalue weighted by Gasteiger charge is 2.43. The van der Waals surface area contributed by atoms with Gasteiger partial charge in [0.05, 0.1) is 12.5 Å². The van der Waals surface area contributed by atoms with E-state index in [9.17, 15) is 9.59 Å². The summed E-state index contributed by atoms with van der Waals surface area (Å²) in [5, 5.41) is 14.6. The second kappa shape index (κ2) is 8.78. The molecule has 0 bridgehead atoms. The van der Waals surface area contributed by atoms with Gasteiger partial charge >= 0.3 is 6.09 Å². The zero-order valence-corrected chi connectivity index (χ0v) is 16.0.